The van der Waals surface area contributed by atoms with Gasteiger partial charge in [-0.15, -0.1) is 0 Å². The van der Waals surface area contributed by atoms with Gasteiger partial charge in [0, 0.05) is 19.3 Å². The zero-order valence-corrected chi connectivity index (χ0v) is 65.0. The van der Waals surface area contributed by atoms with Crippen molar-refractivity contribution < 1.29 is 92.2 Å². The van der Waals surface area contributed by atoms with Crippen molar-refractivity contribution in [1.29, 1.82) is 0 Å². The summed E-state index contributed by atoms with van der Waals surface area (Å²) in [6, 6.07) is 15.5. The normalized spacial score (nSPS) is 14.6. The summed E-state index contributed by atoms with van der Waals surface area (Å²) in [6.07, 6.45) is -3.23. The number of unbranched alkanes of at least 4 members (excludes halogenated alkanes) is 1. The fraction of sp³-hybridized carbons (Fsp3) is 0.449. The first-order valence-electron chi connectivity index (χ1n) is 37.0. The lowest BCUT2D eigenvalue weighted by atomic mass is 9.90. The second-order valence-corrected chi connectivity index (χ2v) is 28.6. The molecule has 620 valence electrons. The number of primary amides is 1. The number of hydrazone groups is 1. The van der Waals surface area contributed by atoms with Crippen molar-refractivity contribution in [3.05, 3.63) is 154 Å². The van der Waals surface area contributed by atoms with Gasteiger partial charge in [0.05, 0.1) is 44.4 Å². The highest BCUT2D eigenvalue weighted by Gasteiger charge is 2.43. The quantitative estimate of drug-likeness (QED) is 0.00658. The third kappa shape index (κ3) is 29.1. The molecule has 11 amide bonds. The number of nitrogens with zero attached hydrogens (tertiary/aromatic N) is 1. The summed E-state index contributed by atoms with van der Waals surface area (Å²) in [5, 5.41) is 79.3. The van der Waals surface area contributed by atoms with Gasteiger partial charge in [0.1, 0.15) is 76.5 Å². The van der Waals surface area contributed by atoms with Gasteiger partial charge >= 0.3 is 5.97 Å². The number of nitrogens with one attached hydrogen (secondary N) is 11. The molecule has 36 heteroatoms. The number of aromatic hydroxyl groups is 1. The molecule has 0 saturated heterocycles. The number of amides is 11. The van der Waals surface area contributed by atoms with Crippen LogP contribution in [0.5, 0.6) is 11.5 Å². The van der Waals surface area contributed by atoms with E-state index in [0.717, 1.165) is 73.1 Å². The van der Waals surface area contributed by atoms with Crippen LogP contribution in [0.2, 0.25) is 0 Å². The highest BCUT2D eigenvalue weighted by atomic mass is 19.1. The summed E-state index contributed by atoms with van der Waals surface area (Å²) in [5.74, 6) is -3.74. The lowest BCUT2D eigenvalue weighted by Crippen LogP contribution is -2.67. The predicted octanol–water partition coefficient (Wildman–Crippen LogP) is -2.01. The zero-order chi connectivity index (χ0) is 84.7. The second-order valence-electron chi connectivity index (χ2n) is 28.6. The summed E-state index contributed by atoms with van der Waals surface area (Å²) < 4.78 is 21.5. The monoisotopic (exact) mass is 1590 g/mol. The molecule has 11 atom stereocenters. The van der Waals surface area contributed by atoms with Gasteiger partial charge in [0.2, 0.25) is 65.0 Å². The zero-order valence-electron chi connectivity index (χ0n) is 65.0. The minimum Gasteiger partial charge on any atom is -0.508 e. The van der Waals surface area contributed by atoms with Gasteiger partial charge in [0.25, 0.3) is 0 Å². The number of hydrogen-bond acceptors (Lipinski definition) is 22. The maximum absolute atomic E-state index is 15.5. The van der Waals surface area contributed by atoms with Crippen LogP contribution in [0.25, 0.3) is 11.1 Å². The van der Waals surface area contributed by atoms with E-state index in [-0.39, 0.29) is 36.4 Å². The van der Waals surface area contributed by atoms with Crippen LogP contribution in [0.4, 0.5) is 4.39 Å². The van der Waals surface area contributed by atoms with E-state index in [9.17, 15) is 83.1 Å². The Bertz CT molecular complexity index is 4190. The number of phenolic OH excluding ortho intramolecular Hbond substituents is 1. The number of hydrazine groups is 1. The lowest BCUT2D eigenvalue weighted by molar-refractivity contribution is -0.142. The molecule has 0 spiro atoms. The Morgan fingerprint density at radius 1 is 0.605 bits per heavy atom. The predicted molar refractivity (Wildman–Crippen MR) is 418 cm³/mol. The standard InChI is InChI=1S/C78H108FN17O18/c1-9-49-36-53(114-30-13-12-29-80)27-28-54(49)50-23-19-47(20-24-50)35-58(70(107)86-57(67(82)104)18-14-15-48-32-42(2)31-43(3)33-48)87-71(108)60(38-64(102)103)88-72(109)61(41-97)89-73(110)65(44(4)98)92-76(113)78(8,39-51-16-10-11-17-55(51)79)94-74(111)66(45(5)99)91-63(101)40-85-69(106)59(37-62(95-83)96-84)90-75(112)77(6,7)93-68(105)56(81)34-46-21-25-52(100)26-22-46/h10-11,16-17,19-28,31-33,36,44-45,56-61,65-66,97-100H,9,12-15,18,29-30,34-35,37-41,80-81,83-84H2,1-8H3,(H2,82,104)(H,85,106)(H,86,107)(H,87,108)(H,88,109)(H,89,110)(H,90,112)(H,91,101)(H,92,113)(H,93,105)(H,94,111)(H,95,96)(H,102,103)/t44-,45-,56+,57+,58+,59+,60+,61+,65+,66+,78+/m1/s1. The molecule has 114 heavy (non-hydrogen) atoms. The molecule has 0 bridgehead atoms. The van der Waals surface area contributed by atoms with Gasteiger partial charge in [-0.3, -0.25) is 57.5 Å². The SMILES string of the molecule is CCc1cc(OCCCCN)ccc1-c1ccc(C[C@H](NC(=O)[C@H](CC(=O)O)NC(=O)[C@H](CO)NC(=O)[C@@H](NC(=O)[C@](C)(Cc2ccccc2F)NC(=O)[C@@H](NC(=O)CNC(=O)[C@H](C/C(=N/N)NN)NC(=O)C(C)(C)NC(=O)[C@@H](N)Cc2ccc(O)cc2)[C@@H](C)O)[C@@H](C)O)C(=O)N[C@@H](CCCc2cc(C)cc(C)c2)C(N)=O)cc1. The van der Waals surface area contributed by atoms with Crippen molar-refractivity contribution in [3.63, 3.8) is 0 Å². The first-order valence-corrected chi connectivity index (χ1v) is 37.0. The number of halogens is 1. The molecule has 0 aliphatic carbocycles. The minimum atomic E-state index is -2.42. The number of carboxylic acid groups (broad SMARTS) is 1. The number of benzene rings is 5. The van der Waals surface area contributed by atoms with E-state index in [1.807, 2.05) is 57.2 Å². The summed E-state index contributed by atoms with van der Waals surface area (Å²) in [7, 11) is 0. The number of carbonyl (C=O) groups excluding carboxylic acids is 11. The third-order valence-corrected chi connectivity index (χ3v) is 18.4. The van der Waals surface area contributed by atoms with Crippen molar-refractivity contribution in [2.75, 3.05) is 26.3 Å². The van der Waals surface area contributed by atoms with E-state index < -0.39 is 181 Å². The number of aliphatic hydroxyl groups excluding tert-OH is 3. The fourth-order valence-electron chi connectivity index (χ4n) is 12.1. The number of amidine groups is 1. The highest BCUT2D eigenvalue weighted by Crippen LogP contribution is 2.29. The second kappa shape index (κ2) is 44.5. The Hall–Kier alpha value is -11.7. The number of aryl methyl sites for hydroxylation is 4. The van der Waals surface area contributed by atoms with Gasteiger partial charge in [-0.1, -0.05) is 96.9 Å². The van der Waals surface area contributed by atoms with E-state index in [1.165, 1.54) is 44.2 Å². The molecule has 0 heterocycles. The lowest BCUT2D eigenvalue weighted by Gasteiger charge is -2.34. The molecule has 0 aromatic heterocycles. The summed E-state index contributed by atoms with van der Waals surface area (Å²) >= 11 is 0. The fourth-order valence-corrected chi connectivity index (χ4v) is 12.1. The number of phenols is 1. The van der Waals surface area contributed by atoms with Crippen LogP contribution < -0.4 is 92.2 Å². The van der Waals surface area contributed by atoms with E-state index in [2.05, 4.69) is 63.7 Å². The molecular formula is C78H108FN17O18. The molecule has 26 N–H and O–H groups in total. The molecule has 35 nitrogen and oxygen atoms in total. The van der Waals surface area contributed by atoms with Gasteiger partial charge in [0.15, 0.2) is 0 Å². The maximum atomic E-state index is 15.5. The van der Waals surface area contributed by atoms with E-state index in [0.29, 0.717) is 49.3 Å². The van der Waals surface area contributed by atoms with Crippen LogP contribution in [0.15, 0.2) is 114 Å². The summed E-state index contributed by atoms with van der Waals surface area (Å²) in [4.78, 5) is 166. The number of carboxylic acids is 1. The number of hydrogen-bond donors (Lipinski definition) is 21. The molecule has 0 unspecified atom stereocenters. The van der Waals surface area contributed by atoms with Crippen LogP contribution in [0.1, 0.15) is 119 Å². The first-order chi connectivity index (χ1) is 53.8. The van der Waals surface area contributed by atoms with E-state index in [1.54, 1.807) is 36.4 Å². The van der Waals surface area contributed by atoms with Crippen molar-refractivity contribution >= 4 is 76.8 Å². The van der Waals surface area contributed by atoms with Gasteiger partial charge < -0.3 is 112 Å². The van der Waals surface area contributed by atoms with Gasteiger partial charge in [-0.25, -0.2) is 10.2 Å². The number of aliphatic hydroxyl groups is 3. The molecule has 0 aliphatic heterocycles. The third-order valence-electron chi connectivity index (χ3n) is 18.4. The molecular weight excluding hydrogens is 1480 g/mol. The number of ether oxygens (including phenoxy) is 1. The summed E-state index contributed by atoms with van der Waals surface area (Å²) in [6.45, 7) is 10.3. The largest absolute Gasteiger partial charge is 0.508 e. The maximum Gasteiger partial charge on any atom is 0.305 e. The van der Waals surface area contributed by atoms with E-state index in [4.69, 9.17) is 33.6 Å². The van der Waals surface area contributed by atoms with Crippen LogP contribution in [0, 0.1) is 19.7 Å². The Balaban J connectivity index is 1.34. The van der Waals surface area contributed by atoms with Crippen molar-refractivity contribution in [2.24, 2.45) is 34.0 Å². The minimum absolute atomic E-state index is 0.00886. The Kier molecular flexibility index (Phi) is 36.3. The van der Waals surface area contributed by atoms with Crippen LogP contribution in [-0.2, 0) is 89.6 Å². The van der Waals surface area contributed by atoms with Gasteiger partial charge in [-0.05, 0) is 169 Å². The van der Waals surface area contributed by atoms with Crippen molar-refractivity contribution in [1.82, 2.24) is 58.6 Å². The van der Waals surface area contributed by atoms with Crippen LogP contribution in [0.3, 0.4) is 0 Å². The average Bonchev–Trinajstić information content (AvgIpc) is 0.788. The number of rotatable bonds is 45. The summed E-state index contributed by atoms with van der Waals surface area (Å²) in [5.41, 5.74) is 22.1. The Morgan fingerprint density at radius 2 is 1.18 bits per heavy atom. The molecule has 0 fully saturated rings. The molecule has 0 saturated carbocycles. The average molecular weight is 1590 g/mol. The van der Waals surface area contributed by atoms with Crippen LogP contribution in [-0.4, -0.2) is 200 Å². The van der Waals surface area contributed by atoms with Gasteiger partial charge in [-0.2, -0.15) is 5.10 Å². The van der Waals surface area contributed by atoms with Crippen molar-refractivity contribution in [2.45, 2.75) is 198 Å². The number of aliphatic carboxylic acids is 1. The molecule has 0 aliphatic rings. The topological polar surface area (TPSA) is 590 Å². The molecule has 5 aromatic carbocycles. The molecule has 5 aromatic rings. The number of carbonyl (C=O) groups is 12. The smallest absolute Gasteiger partial charge is 0.305 e. The Labute approximate surface area is 659 Å². The first kappa shape index (κ1) is 92.9. The van der Waals surface area contributed by atoms with Crippen LogP contribution >= 0.6 is 0 Å². The molecule has 0 radical (unpaired) electrons. The highest BCUT2D eigenvalue weighted by molar-refractivity contribution is 6.01. The van der Waals surface area contributed by atoms with E-state index >= 15 is 4.39 Å². The molecule has 5 rings (SSSR count). The number of nitrogens with two attached hydrogens (primary N) is 5. The Morgan fingerprint density at radius 3 is 1.77 bits per heavy atom. The van der Waals surface area contributed by atoms with Crippen molar-refractivity contribution in [3.8, 4) is 22.6 Å².